The molecular weight excluding hydrogens is 364 g/mol. The number of carbonyl (C=O) groups excluding carboxylic acids is 2. The molecule has 0 aliphatic carbocycles. The van der Waals surface area contributed by atoms with E-state index in [9.17, 15) is 9.59 Å². The highest BCUT2D eigenvalue weighted by molar-refractivity contribution is 6.05. The normalized spacial score (nSPS) is 11.2. The van der Waals surface area contributed by atoms with Crippen molar-refractivity contribution in [1.29, 1.82) is 0 Å². The first-order chi connectivity index (χ1) is 14.1. The highest BCUT2D eigenvalue weighted by Crippen LogP contribution is 2.24. The van der Waals surface area contributed by atoms with E-state index in [1.54, 1.807) is 31.3 Å². The fourth-order valence-electron chi connectivity index (χ4n) is 2.90. The second kappa shape index (κ2) is 9.94. The van der Waals surface area contributed by atoms with Gasteiger partial charge in [-0.2, -0.15) is 5.10 Å². The summed E-state index contributed by atoms with van der Waals surface area (Å²) < 4.78 is 0. The average Bonchev–Trinajstić information content (AvgIpc) is 2.75. The van der Waals surface area contributed by atoms with Gasteiger partial charge in [0.15, 0.2) is 0 Å². The van der Waals surface area contributed by atoms with Gasteiger partial charge in [0, 0.05) is 11.9 Å². The van der Waals surface area contributed by atoms with Crippen LogP contribution in [0.25, 0.3) is 0 Å². The number of anilines is 1. The summed E-state index contributed by atoms with van der Waals surface area (Å²) in [4.78, 5) is 29.0. The van der Waals surface area contributed by atoms with Crippen molar-refractivity contribution in [1.82, 2.24) is 10.4 Å². The zero-order chi connectivity index (χ0) is 20.5. The molecule has 6 nitrogen and oxygen atoms in total. The summed E-state index contributed by atoms with van der Waals surface area (Å²) in [6.07, 6.45) is 1.66. The molecule has 0 bridgehead atoms. The molecule has 2 amide bonds. The van der Waals surface area contributed by atoms with Crippen LogP contribution in [0.5, 0.6) is 0 Å². The van der Waals surface area contributed by atoms with Crippen molar-refractivity contribution in [2.45, 2.75) is 19.3 Å². The lowest BCUT2D eigenvalue weighted by atomic mass is 9.91. The molecule has 3 aromatic rings. The number of nitrogens with zero attached hydrogens (tertiary/aromatic N) is 2. The number of hydrogen-bond acceptors (Lipinski definition) is 4. The third-order valence-corrected chi connectivity index (χ3v) is 4.23. The van der Waals surface area contributed by atoms with Crippen LogP contribution >= 0.6 is 0 Å². The summed E-state index contributed by atoms with van der Waals surface area (Å²) in [5.41, 5.74) is 4.84. The molecule has 0 radical (unpaired) electrons. The molecule has 29 heavy (non-hydrogen) atoms. The maximum absolute atomic E-state index is 12.9. The second-order valence-corrected chi connectivity index (χ2v) is 6.52. The van der Waals surface area contributed by atoms with Gasteiger partial charge in [0.2, 0.25) is 5.91 Å². The van der Waals surface area contributed by atoms with Crippen molar-refractivity contribution >= 4 is 23.3 Å². The average molecular weight is 386 g/mol. The number of carbonyl (C=O) groups is 2. The van der Waals surface area contributed by atoms with Gasteiger partial charge in [-0.25, -0.2) is 10.4 Å². The zero-order valence-corrected chi connectivity index (χ0v) is 16.1. The Balaban J connectivity index is 1.67. The van der Waals surface area contributed by atoms with Crippen molar-refractivity contribution in [2.24, 2.45) is 5.10 Å². The third-order valence-electron chi connectivity index (χ3n) is 4.23. The molecule has 0 saturated heterocycles. The molecule has 0 aliphatic rings. The minimum atomic E-state index is -0.490. The van der Waals surface area contributed by atoms with Crippen LogP contribution in [0.15, 0.2) is 90.2 Å². The molecule has 6 heteroatoms. The molecule has 2 N–H and O–H groups in total. The van der Waals surface area contributed by atoms with E-state index in [0.717, 1.165) is 11.1 Å². The Labute approximate surface area is 169 Å². The summed E-state index contributed by atoms with van der Waals surface area (Å²) in [6.45, 7) is 1.69. The molecule has 0 unspecified atom stereocenters. The highest BCUT2D eigenvalue weighted by Gasteiger charge is 2.22. The molecule has 1 heterocycles. The Morgan fingerprint density at radius 1 is 0.897 bits per heavy atom. The monoisotopic (exact) mass is 386 g/mol. The number of benzene rings is 2. The summed E-state index contributed by atoms with van der Waals surface area (Å²) >= 11 is 0. The first-order valence-electron chi connectivity index (χ1n) is 9.27. The molecule has 1 aromatic heterocycles. The standard InChI is InChI=1S/C23H22N4O2/c1-17(16-21(28)25-20-14-8-9-15-24-20)26-27-23(29)22(18-10-4-2-5-11-18)19-12-6-3-7-13-19/h2-15,22H,16H2,1H3,(H,27,29)(H,24,25,28)/b26-17-. The van der Waals surface area contributed by atoms with Crippen LogP contribution in [0, 0.1) is 0 Å². The fraction of sp³-hybridized carbons (Fsp3) is 0.130. The van der Waals surface area contributed by atoms with E-state index in [4.69, 9.17) is 0 Å². The smallest absolute Gasteiger partial charge is 0.252 e. The maximum atomic E-state index is 12.9. The topological polar surface area (TPSA) is 83.4 Å². The largest absolute Gasteiger partial charge is 0.310 e. The van der Waals surface area contributed by atoms with Gasteiger partial charge in [0.1, 0.15) is 5.82 Å². The molecule has 0 atom stereocenters. The van der Waals surface area contributed by atoms with Crippen LogP contribution in [0.3, 0.4) is 0 Å². The molecule has 146 valence electrons. The zero-order valence-electron chi connectivity index (χ0n) is 16.1. The third kappa shape index (κ3) is 5.84. The Hall–Kier alpha value is -3.80. The lowest BCUT2D eigenvalue weighted by Crippen LogP contribution is -2.27. The molecule has 0 fully saturated rings. The molecule has 3 rings (SSSR count). The second-order valence-electron chi connectivity index (χ2n) is 6.52. The number of rotatable bonds is 7. The number of amides is 2. The van der Waals surface area contributed by atoms with Crippen molar-refractivity contribution < 1.29 is 9.59 Å². The van der Waals surface area contributed by atoms with E-state index in [1.807, 2.05) is 60.7 Å². The van der Waals surface area contributed by atoms with E-state index in [-0.39, 0.29) is 18.2 Å². The summed E-state index contributed by atoms with van der Waals surface area (Å²) in [5.74, 6) is -0.521. The minimum Gasteiger partial charge on any atom is -0.310 e. The van der Waals surface area contributed by atoms with E-state index in [2.05, 4.69) is 20.8 Å². The quantitative estimate of drug-likeness (QED) is 0.479. The Kier molecular flexibility index (Phi) is 6.84. The van der Waals surface area contributed by atoms with Gasteiger partial charge in [0.25, 0.3) is 5.91 Å². The highest BCUT2D eigenvalue weighted by atomic mass is 16.2. The predicted octanol–water partition coefficient (Wildman–Crippen LogP) is 3.73. The SMILES string of the molecule is C/C(CC(=O)Nc1ccccn1)=N/NC(=O)C(c1ccccc1)c1ccccc1. The van der Waals surface area contributed by atoms with Crippen LogP contribution in [0.4, 0.5) is 5.82 Å². The van der Waals surface area contributed by atoms with Crippen molar-refractivity contribution in [3.8, 4) is 0 Å². The van der Waals surface area contributed by atoms with E-state index >= 15 is 0 Å². The van der Waals surface area contributed by atoms with Gasteiger partial charge < -0.3 is 5.32 Å². The molecule has 0 aliphatic heterocycles. The van der Waals surface area contributed by atoms with Gasteiger partial charge in [-0.3, -0.25) is 9.59 Å². The van der Waals surface area contributed by atoms with Crippen LogP contribution in [0.2, 0.25) is 0 Å². The number of pyridine rings is 1. The van der Waals surface area contributed by atoms with Gasteiger partial charge in [-0.1, -0.05) is 66.7 Å². The van der Waals surface area contributed by atoms with Crippen LogP contribution in [0.1, 0.15) is 30.4 Å². The number of nitrogens with one attached hydrogen (secondary N) is 2. The predicted molar refractivity (Wildman–Crippen MR) is 113 cm³/mol. The minimum absolute atomic E-state index is 0.0538. The lowest BCUT2D eigenvalue weighted by molar-refractivity contribution is -0.121. The molecule has 0 saturated carbocycles. The van der Waals surface area contributed by atoms with Crippen molar-refractivity contribution in [3.05, 3.63) is 96.2 Å². The maximum Gasteiger partial charge on any atom is 0.252 e. The number of aromatic nitrogens is 1. The number of hydrogen-bond donors (Lipinski definition) is 2. The molecular formula is C23H22N4O2. The van der Waals surface area contributed by atoms with Gasteiger partial charge in [-0.15, -0.1) is 0 Å². The van der Waals surface area contributed by atoms with Gasteiger partial charge >= 0.3 is 0 Å². The fourth-order valence-corrected chi connectivity index (χ4v) is 2.90. The van der Waals surface area contributed by atoms with Crippen molar-refractivity contribution in [3.63, 3.8) is 0 Å². The van der Waals surface area contributed by atoms with E-state index in [0.29, 0.717) is 11.5 Å². The Bertz CT molecular complexity index is 934. The summed E-state index contributed by atoms with van der Waals surface area (Å²) in [5, 5.41) is 6.80. The Morgan fingerprint density at radius 2 is 1.48 bits per heavy atom. The number of hydrazone groups is 1. The molecule has 2 aromatic carbocycles. The van der Waals surface area contributed by atoms with Gasteiger partial charge in [-0.05, 0) is 30.2 Å². The summed E-state index contributed by atoms with van der Waals surface area (Å²) in [6, 6.07) is 24.3. The summed E-state index contributed by atoms with van der Waals surface area (Å²) in [7, 11) is 0. The van der Waals surface area contributed by atoms with E-state index < -0.39 is 5.92 Å². The van der Waals surface area contributed by atoms with Crippen LogP contribution in [-0.2, 0) is 9.59 Å². The lowest BCUT2D eigenvalue weighted by Gasteiger charge is -2.16. The Morgan fingerprint density at radius 3 is 2.03 bits per heavy atom. The first kappa shape index (κ1) is 19.9. The van der Waals surface area contributed by atoms with Crippen molar-refractivity contribution in [2.75, 3.05) is 5.32 Å². The van der Waals surface area contributed by atoms with E-state index in [1.165, 1.54) is 0 Å². The van der Waals surface area contributed by atoms with Gasteiger partial charge in [0.05, 0.1) is 12.3 Å². The van der Waals surface area contributed by atoms with Crippen LogP contribution < -0.4 is 10.7 Å². The van der Waals surface area contributed by atoms with Crippen LogP contribution in [-0.4, -0.2) is 22.5 Å². The molecule has 0 spiro atoms. The first-order valence-corrected chi connectivity index (χ1v) is 9.27.